The lowest BCUT2D eigenvalue weighted by Gasteiger charge is -2.33. The molecule has 2 amide bonds. The molecule has 2 fully saturated rings. The van der Waals surface area contributed by atoms with Gasteiger partial charge in [0.25, 0.3) is 0 Å². The molecule has 8 heteroatoms. The Hall–Kier alpha value is -2.64. The fraction of sp³-hybridized carbons (Fsp3) is 0.556. The van der Waals surface area contributed by atoms with Crippen LogP contribution in [-0.4, -0.2) is 45.5 Å². The Bertz CT molecular complexity index is 849. The van der Waals surface area contributed by atoms with Gasteiger partial charge < -0.3 is 15.5 Å². The molecule has 1 aliphatic carbocycles. The number of anilines is 2. The molecule has 2 aromatic rings. The standard InChI is InChI=1S/C18H24N6O2/c1-11-9-16-20-15(21-18(26)13-3-4-13)10-17(24(16)22-11)23-7-5-14(6-8-23)19-12(2)25/h9-10,13-14H,3-8H2,1-2H3,(H,19,25)(H,20,21,26). The molecule has 1 aliphatic heterocycles. The van der Waals surface area contributed by atoms with Crippen LogP contribution in [0.1, 0.15) is 38.3 Å². The molecular formula is C18H24N6O2. The molecule has 4 rings (SSSR count). The zero-order valence-electron chi connectivity index (χ0n) is 15.2. The van der Waals surface area contributed by atoms with Gasteiger partial charge in [0.1, 0.15) is 11.6 Å². The van der Waals surface area contributed by atoms with Gasteiger partial charge in [-0.25, -0.2) is 4.98 Å². The van der Waals surface area contributed by atoms with E-state index in [2.05, 4.69) is 25.6 Å². The molecule has 0 radical (unpaired) electrons. The number of piperidine rings is 1. The quantitative estimate of drug-likeness (QED) is 0.866. The van der Waals surface area contributed by atoms with Gasteiger partial charge in [-0.05, 0) is 32.6 Å². The summed E-state index contributed by atoms with van der Waals surface area (Å²) in [5, 5.41) is 10.5. The van der Waals surface area contributed by atoms with Gasteiger partial charge in [0, 0.05) is 44.1 Å². The van der Waals surface area contributed by atoms with E-state index in [1.54, 1.807) is 6.92 Å². The first-order chi connectivity index (χ1) is 12.5. The number of carbonyl (C=O) groups excluding carboxylic acids is 2. The topological polar surface area (TPSA) is 91.6 Å². The summed E-state index contributed by atoms with van der Waals surface area (Å²) in [7, 11) is 0. The third-order valence-corrected chi connectivity index (χ3v) is 4.96. The number of hydrogen-bond acceptors (Lipinski definition) is 5. The number of aryl methyl sites for hydroxylation is 1. The van der Waals surface area contributed by atoms with Crippen LogP contribution < -0.4 is 15.5 Å². The molecule has 0 atom stereocenters. The van der Waals surface area contributed by atoms with Crippen LogP contribution in [0.5, 0.6) is 0 Å². The van der Waals surface area contributed by atoms with Gasteiger partial charge in [0.15, 0.2) is 5.65 Å². The van der Waals surface area contributed by atoms with Gasteiger partial charge in [-0.1, -0.05) is 0 Å². The van der Waals surface area contributed by atoms with E-state index in [1.807, 2.05) is 23.6 Å². The second kappa shape index (κ2) is 6.59. The summed E-state index contributed by atoms with van der Waals surface area (Å²) in [6.07, 6.45) is 3.69. The number of hydrogen-bond donors (Lipinski definition) is 2. The van der Waals surface area contributed by atoms with Crippen molar-refractivity contribution in [1.82, 2.24) is 19.9 Å². The second-order valence-corrected chi connectivity index (χ2v) is 7.28. The summed E-state index contributed by atoms with van der Waals surface area (Å²) in [5.41, 5.74) is 1.62. The van der Waals surface area contributed by atoms with E-state index in [0.717, 1.165) is 55.9 Å². The molecule has 2 aliphatic rings. The van der Waals surface area contributed by atoms with E-state index in [9.17, 15) is 9.59 Å². The first-order valence-electron chi connectivity index (χ1n) is 9.20. The Morgan fingerprint density at radius 1 is 1.15 bits per heavy atom. The number of nitrogens with zero attached hydrogens (tertiary/aromatic N) is 4. The molecule has 8 nitrogen and oxygen atoms in total. The first-order valence-corrected chi connectivity index (χ1v) is 9.20. The molecule has 2 N–H and O–H groups in total. The molecule has 0 spiro atoms. The number of rotatable bonds is 4. The van der Waals surface area contributed by atoms with E-state index < -0.39 is 0 Å². The van der Waals surface area contributed by atoms with Crippen molar-refractivity contribution in [3.8, 4) is 0 Å². The Morgan fingerprint density at radius 2 is 1.88 bits per heavy atom. The molecule has 0 bridgehead atoms. The van der Waals surface area contributed by atoms with Gasteiger partial charge in [-0.15, -0.1) is 0 Å². The Morgan fingerprint density at radius 3 is 2.54 bits per heavy atom. The summed E-state index contributed by atoms with van der Waals surface area (Å²) in [4.78, 5) is 30.2. The van der Waals surface area contributed by atoms with Gasteiger partial charge in [0.2, 0.25) is 11.8 Å². The van der Waals surface area contributed by atoms with Crippen molar-refractivity contribution in [2.24, 2.45) is 5.92 Å². The maximum Gasteiger partial charge on any atom is 0.228 e. The molecular weight excluding hydrogens is 332 g/mol. The van der Waals surface area contributed by atoms with Crippen LogP contribution in [0.2, 0.25) is 0 Å². The van der Waals surface area contributed by atoms with Crippen LogP contribution >= 0.6 is 0 Å². The van der Waals surface area contributed by atoms with Crippen LogP contribution in [-0.2, 0) is 9.59 Å². The van der Waals surface area contributed by atoms with E-state index >= 15 is 0 Å². The fourth-order valence-electron chi connectivity index (χ4n) is 3.48. The number of carbonyl (C=O) groups is 2. The number of nitrogens with one attached hydrogen (secondary N) is 2. The largest absolute Gasteiger partial charge is 0.356 e. The first kappa shape index (κ1) is 16.8. The summed E-state index contributed by atoms with van der Waals surface area (Å²) in [5.74, 6) is 1.70. The smallest absolute Gasteiger partial charge is 0.228 e. The second-order valence-electron chi connectivity index (χ2n) is 7.28. The Kier molecular flexibility index (Phi) is 4.26. The summed E-state index contributed by atoms with van der Waals surface area (Å²) in [6, 6.07) is 4.04. The maximum atomic E-state index is 12.1. The SMILES string of the molecule is CC(=O)NC1CCN(c2cc(NC(=O)C3CC3)nc3cc(C)nn23)CC1. The third kappa shape index (κ3) is 3.49. The van der Waals surface area contributed by atoms with E-state index in [0.29, 0.717) is 5.82 Å². The third-order valence-electron chi connectivity index (χ3n) is 4.96. The molecule has 1 saturated carbocycles. The lowest BCUT2D eigenvalue weighted by atomic mass is 10.1. The lowest BCUT2D eigenvalue weighted by Crippen LogP contribution is -2.44. The zero-order chi connectivity index (χ0) is 18.3. The predicted molar refractivity (Wildman–Crippen MR) is 98.1 cm³/mol. The average molecular weight is 356 g/mol. The van der Waals surface area contributed by atoms with E-state index in [4.69, 9.17) is 0 Å². The highest BCUT2D eigenvalue weighted by atomic mass is 16.2. The van der Waals surface area contributed by atoms with Gasteiger partial charge >= 0.3 is 0 Å². The van der Waals surface area contributed by atoms with Crippen molar-refractivity contribution in [2.45, 2.75) is 45.6 Å². The molecule has 2 aromatic heterocycles. The minimum absolute atomic E-state index is 0.0162. The van der Waals surface area contributed by atoms with Crippen molar-refractivity contribution in [3.05, 3.63) is 17.8 Å². The van der Waals surface area contributed by atoms with Crippen molar-refractivity contribution in [1.29, 1.82) is 0 Å². The van der Waals surface area contributed by atoms with Crippen LogP contribution in [0, 0.1) is 12.8 Å². The maximum absolute atomic E-state index is 12.1. The minimum atomic E-state index is 0.0162. The van der Waals surface area contributed by atoms with E-state index in [1.165, 1.54) is 0 Å². The number of fused-ring (bicyclic) bond motifs is 1. The van der Waals surface area contributed by atoms with Crippen molar-refractivity contribution in [2.75, 3.05) is 23.3 Å². The van der Waals surface area contributed by atoms with Crippen LogP contribution in [0.3, 0.4) is 0 Å². The molecule has 26 heavy (non-hydrogen) atoms. The predicted octanol–water partition coefficient (Wildman–Crippen LogP) is 1.49. The van der Waals surface area contributed by atoms with Crippen LogP contribution in [0.25, 0.3) is 5.65 Å². The average Bonchev–Trinajstić information content (AvgIpc) is 3.36. The molecule has 1 saturated heterocycles. The van der Waals surface area contributed by atoms with Gasteiger partial charge in [0.05, 0.1) is 5.69 Å². The highest BCUT2D eigenvalue weighted by molar-refractivity contribution is 5.93. The highest BCUT2D eigenvalue weighted by Gasteiger charge is 2.30. The number of aromatic nitrogens is 3. The Balaban J connectivity index is 1.58. The van der Waals surface area contributed by atoms with E-state index in [-0.39, 0.29) is 23.8 Å². The van der Waals surface area contributed by atoms with Crippen LogP contribution in [0.4, 0.5) is 11.6 Å². The molecule has 0 aromatic carbocycles. The zero-order valence-corrected chi connectivity index (χ0v) is 15.2. The monoisotopic (exact) mass is 356 g/mol. The fourth-order valence-corrected chi connectivity index (χ4v) is 3.48. The normalized spacial score (nSPS) is 18.2. The van der Waals surface area contributed by atoms with Crippen LogP contribution in [0.15, 0.2) is 12.1 Å². The molecule has 3 heterocycles. The summed E-state index contributed by atoms with van der Waals surface area (Å²) < 4.78 is 1.83. The van der Waals surface area contributed by atoms with Crippen molar-refractivity contribution in [3.63, 3.8) is 0 Å². The minimum Gasteiger partial charge on any atom is -0.356 e. The lowest BCUT2D eigenvalue weighted by molar-refractivity contribution is -0.120. The number of amides is 2. The highest BCUT2D eigenvalue weighted by Crippen LogP contribution is 2.31. The van der Waals surface area contributed by atoms with Crippen molar-refractivity contribution < 1.29 is 9.59 Å². The summed E-state index contributed by atoms with van der Waals surface area (Å²) >= 11 is 0. The Labute approximate surface area is 152 Å². The van der Waals surface area contributed by atoms with Gasteiger partial charge in [-0.3, -0.25) is 9.59 Å². The molecule has 0 unspecified atom stereocenters. The molecule has 138 valence electrons. The summed E-state index contributed by atoms with van der Waals surface area (Å²) in [6.45, 7) is 5.13. The van der Waals surface area contributed by atoms with Crippen molar-refractivity contribution >= 4 is 29.1 Å². The van der Waals surface area contributed by atoms with Gasteiger partial charge in [-0.2, -0.15) is 9.61 Å².